The Balaban J connectivity index is 2.02. The fraction of sp³-hybridized carbons (Fsp3) is 0.350. The van der Waals surface area contributed by atoms with Crippen LogP contribution in [0.5, 0.6) is 0 Å². The zero-order chi connectivity index (χ0) is 21.6. The van der Waals surface area contributed by atoms with Gasteiger partial charge in [-0.15, -0.1) is 0 Å². The van der Waals surface area contributed by atoms with Crippen molar-refractivity contribution in [1.29, 1.82) is 0 Å². The van der Waals surface area contributed by atoms with Gasteiger partial charge in [-0.25, -0.2) is 8.42 Å². The summed E-state index contributed by atoms with van der Waals surface area (Å²) in [6.07, 6.45) is 0.0940. The Morgan fingerprint density at radius 1 is 1.07 bits per heavy atom. The normalized spacial score (nSPS) is 12.6. The third-order valence-electron chi connectivity index (χ3n) is 4.61. The predicted octanol–water partition coefficient (Wildman–Crippen LogP) is 3.05. The van der Waals surface area contributed by atoms with Gasteiger partial charge in [0.05, 0.1) is 22.3 Å². The highest BCUT2D eigenvalue weighted by Gasteiger charge is 2.21. The van der Waals surface area contributed by atoms with Gasteiger partial charge in [-0.1, -0.05) is 38.1 Å². The minimum Gasteiger partial charge on any atom is -0.349 e. The van der Waals surface area contributed by atoms with Crippen LogP contribution in [-0.2, 0) is 21.2 Å². The monoisotopic (exact) mass is 419 g/mol. The van der Waals surface area contributed by atoms with E-state index < -0.39 is 14.9 Å². The summed E-state index contributed by atoms with van der Waals surface area (Å²) in [5, 5.41) is 13.5. The number of sulfonamides is 1. The van der Waals surface area contributed by atoms with Gasteiger partial charge < -0.3 is 5.32 Å². The molecule has 0 bridgehead atoms. The molecule has 0 spiro atoms. The van der Waals surface area contributed by atoms with Gasteiger partial charge in [0.15, 0.2) is 0 Å². The topological polar surface area (TPSA) is 110 Å². The van der Waals surface area contributed by atoms with E-state index in [2.05, 4.69) is 5.32 Å². The molecule has 8 nitrogen and oxygen atoms in total. The molecule has 0 fully saturated rings. The minimum absolute atomic E-state index is 0.0257. The number of nitrogens with zero attached hydrogens (tertiary/aromatic N) is 2. The zero-order valence-electron chi connectivity index (χ0n) is 16.7. The lowest BCUT2D eigenvalue weighted by Gasteiger charge is -2.19. The average Bonchev–Trinajstić information content (AvgIpc) is 2.69. The summed E-state index contributed by atoms with van der Waals surface area (Å²) in [5.74, 6) is -0.230. The molecular formula is C20H25N3O5S. The van der Waals surface area contributed by atoms with Crippen LogP contribution in [0.1, 0.15) is 37.9 Å². The van der Waals surface area contributed by atoms with E-state index in [9.17, 15) is 23.3 Å². The number of nitrogens with one attached hydrogen (secondary N) is 1. The summed E-state index contributed by atoms with van der Waals surface area (Å²) < 4.78 is 26.5. The van der Waals surface area contributed by atoms with E-state index in [1.807, 2.05) is 6.92 Å². The lowest BCUT2D eigenvalue weighted by molar-refractivity contribution is -0.384. The highest BCUT2D eigenvalue weighted by atomic mass is 32.2. The van der Waals surface area contributed by atoms with Crippen LogP contribution in [0, 0.1) is 10.1 Å². The van der Waals surface area contributed by atoms with Crippen molar-refractivity contribution in [3.63, 3.8) is 0 Å². The molecule has 0 radical (unpaired) electrons. The first-order valence-corrected chi connectivity index (χ1v) is 10.8. The molecule has 1 N–H and O–H groups in total. The van der Waals surface area contributed by atoms with Crippen molar-refractivity contribution in [3.05, 3.63) is 69.8 Å². The number of benzene rings is 2. The maximum atomic E-state index is 12.5. The summed E-state index contributed by atoms with van der Waals surface area (Å²) in [7, 11) is -3.52. The van der Waals surface area contributed by atoms with Crippen LogP contribution in [0.25, 0.3) is 0 Å². The van der Waals surface area contributed by atoms with E-state index in [0.29, 0.717) is 18.7 Å². The Kier molecular flexibility index (Phi) is 7.46. The van der Waals surface area contributed by atoms with Gasteiger partial charge in [0.1, 0.15) is 0 Å². The molecule has 0 heterocycles. The fourth-order valence-electron chi connectivity index (χ4n) is 2.94. The number of amides is 1. The van der Waals surface area contributed by atoms with Crippen molar-refractivity contribution in [2.45, 2.75) is 38.1 Å². The van der Waals surface area contributed by atoms with E-state index >= 15 is 0 Å². The third-order valence-corrected chi connectivity index (χ3v) is 6.68. The van der Waals surface area contributed by atoms with Gasteiger partial charge >= 0.3 is 0 Å². The average molecular weight is 420 g/mol. The standard InChI is InChI=1S/C20H25N3O5S/c1-4-22(5-2)29(27,28)19-12-8-17(9-13-19)15(3)21-20(24)14-16-6-10-18(11-7-16)23(25)26/h6-13,15H,4-5,14H2,1-3H3,(H,21,24)/t15-/m1/s1. The van der Waals surface area contributed by atoms with Gasteiger partial charge in [-0.3, -0.25) is 14.9 Å². The van der Waals surface area contributed by atoms with Crippen LogP contribution in [0.15, 0.2) is 53.4 Å². The SMILES string of the molecule is CCN(CC)S(=O)(=O)c1ccc([C@@H](C)NC(=O)Cc2ccc([N+](=O)[O-])cc2)cc1. The van der Waals surface area contributed by atoms with Crippen LogP contribution < -0.4 is 5.32 Å². The summed E-state index contributed by atoms with van der Waals surface area (Å²) in [6, 6.07) is 12.0. The van der Waals surface area contributed by atoms with Crippen molar-refractivity contribution in [1.82, 2.24) is 9.62 Å². The smallest absolute Gasteiger partial charge is 0.269 e. The lowest BCUT2D eigenvalue weighted by atomic mass is 10.1. The second-order valence-electron chi connectivity index (χ2n) is 6.55. The van der Waals surface area contributed by atoms with Crippen molar-refractivity contribution >= 4 is 21.6 Å². The number of hydrogen-bond acceptors (Lipinski definition) is 5. The number of non-ortho nitro benzene ring substituents is 1. The Morgan fingerprint density at radius 3 is 2.10 bits per heavy atom. The Hall–Kier alpha value is -2.78. The second-order valence-corrected chi connectivity index (χ2v) is 8.49. The quantitative estimate of drug-likeness (QED) is 0.496. The maximum Gasteiger partial charge on any atom is 0.269 e. The molecular weight excluding hydrogens is 394 g/mol. The first-order valence-electron chi connectivity index (χ1n) is 9.31. The molecule has 0 saturated heterocycles. The molecule has 0 aromatic heterocycles. The van der Waals surface area contributed by atoms with Crippen molar-refractivity contribution in [2.75, 3.05) is 13.1 Å². The van der Waals surface area contributed by atoms with E-state index in [1.54, 1.807) is 50.2 Å². The molecule has 0 aliphatic rings. The second kappa shape index (κ2) is 9.62. The van der Waals surface area contributed by atoms with Gasteiger partial charge in [0.25, 0.3) is 5.69 Å². The summed E-state index contributed by atoms with van der Waals surface area (Å²) in [5.41, 5.74) is 1.42. The van der Waals surface area contributed by atoms with Crippen LogP contribution in [0.2, 0.25) is 0 Å². The summed E-state index contributed by atoms with van der Waals surface area (Å²) in [6.45, 7) is 6.18. The molecule has 0 aliphatic carbocycles. The van der Waals surface area contributed by atoms with Crippen LogP contribution in [0.4, 0.5) is 5.69 Å². The number of hydrogen-bond donors (Lipinski definition) is 1. The van der Waals surface area contributed by atoms with E-state index in [0.717, 1.165) is 5.56 Å². The molecule has 0 saturated carbocycles. The first kappa shape index (κ1) is 22.5. The van der Waals surface area contributed by atoms with Crippen LogP contribution in [0.3, 0.4) is 0 Å². The zero-order valence-corrected chi connectivity index (χ0v) is 17.5. The summed E-state index contributed by atoms with van der Waals surface area (Å²) in [4.78, 5) is 22.7. The molecule has 2 rings (SSSR count). The van der Waals surface area contributed by atoms with Crippen molar-refractivity contribution < 1.29 is 18.1 Å². The maximum absolute atomic E-state index is 12.5. The summed E-state index contributed by atoms with van der Waals surface area (Å²) >= 11 is 0. The predicted molar refractivity (Wildman–Crippen MR) is 110 cm³/mol. The van der Waals surface area contributed by atoms with E-state index in [-0.39, 0.29) is 29.0 Å². The highest BCUT2D eigenvalue weighted by molar-refractivity contribution is 7.89. The largest absolute Gasteiger partial charge is 0.349 e. The first-order chi connectivity index (χ1) is 13.7. The number of nitro groups is 1. The molecule has 9 heteroatoms. The van der Waals surface area contributed by atoms with E-state index in [1.165, 1.54) is 16.4 Å². The number of carbonyl (C=O) groups is 1. The van der Waals surface area contributed by atoms with Crippen molar-refractivity contribution in [2.24, 2.45) is 0 Å². The third kappa shape index (κ3) is 5.61. The molecule has 0 aliphatic heterocycles. The number of rotatable bonds is 9. The van der Waals surface area contributed by atoms with Crippen molar-refractivity contribution in [3.8, 4) is 0 Å². The molecule has 2 aromatic rings. The molecule has 1 amide bonds. The Morgan fingerprint density at radius 2 is 1.62 bits per heavy atom. The van der Waals surface area contributed by atoms with Gasteiger partial charge in [-0.05, 0) is 30.2 Å². The Labute approximate surface area is 170 Å². The molecule has 29 heavy (non-hydrogen) atoms. The van der Waals surface area contributed by atoms with Gasteiger partial charge in [0, 0.05) is 25.2 Å². The number of carbonyl (C=O) groups excluding carboxylic acids is 1. The van der Waals surface area contributed by atoms with E-state index in [4.69, 9.17) is 0 Å². The number of nitro benzene ring substituents is 1. The lowest BCUT2D eigenvalue weighted by Crippen LogP contribution is -2.30. The van der Waals surface area contributed by atoms with Gasteiger partial charge in [0.2, 0.25) is 15.9 Å². The van der Waals surface area contributed by atoms with Gasteiger partial charge in [-0.2, -0.15) is 4.31 Å². The highest BCUT2D eigenvalue weighted by Crippen LogP contribution is 2.20. The van der Waals surface area contributed by atoms with Crippen LogP contribution >= 0.6 is 0 Å². The molecule has 2 aromatic carbocycles. The molecule has 1 atom stereocenters. The Bertz CT molecular complexity index is 953. The molecule has 156 valence electrons. The molecule has 0 unspecified atom stereocenters. The van der Waals surface area contributed by atoms with Crippen LogP contribution in [-0.4, -0.2) is 36.6 Å². The minimum atomic E-state index is -3.52. The fourth-order valence-corrected chi connectivity index (χ4v) is 4.40.